The minimum atomic E-state index is -0.755. The average Bonchev–Trinajstić information content (AvgIpc) is 3.28. The Balaban J connectivity index is 1.63. The average molecular weight is 357 g/mol. The molecule has 2 aliphatic carbocycles. The quantitative estimate of drug-likeness (QED) is 0.286. The molecule has 2 amide bonds. The molecule has 1 heterocycles. The molecule has 3 aliphatic rings. The van der Waals surface area contributed by atoms with Gasteiger partial charge in [-0.25, -0.2) is 0 Å². The number of rotatable bonds is 4. The highest BCUT2D eigenvalue weighted by Crippen LogP contribution is 2.52. The summed E-state index contributed by atoms with van der Waals surface area (Å²) in [5, 5.41) is 25.6. The number of imide groups is 1. The van der Waals surface area contributed by atoms with Gasteiger partial charge in [0.25, 0.3) is 11.8 Å². The van der Waals surface area contributed by atoms with Gasteiger partial charge in [0.1, 0.15) is 0 Å². The van der Waals surface area contributed by atoms with Crippen LogP contribution in [0.1, 0.15) is 12.0 Å². The molecule has 4 rings (SSSR count). The monoisotopic (exact) mass is 357 g/mol. The van der Waals surface area contributed by atoms with Crippen LogP contribution < -0.4 is 4.74 Å². The number of benzene rings is 1. The zero-order valence-corrected chi connectivity index (χ0v) is 13.7. The summed E-state index contributed by atoms with van der Waals surface area (Å²) >= 11 is 0. The molecule has 1 aromatic carbocycles. The minimum absolute atomic E-state index is 0.0801. The lowest BCUT2D eigenvalue weighted by Gasteiger charge is -2.13. The first kappa shape index (κ1) is 16.2. The molecule has 26 heavy (non-hydrogen) atoms. The lowest BCUT2D eigenvalue weighted by atomic mass is 9.85. The summed E-state index contributed by atoms with van der Waals surface area (Å²) < 4.78 is 4.92. The molecule has 134 valence electrons. The number of nitrogens with zero attached hydrogens (tertiary/aromatic N) is 3. The number of carbonyl (C=O) groups excluding carboxylic acids is 2. The molecule has 0 unspecified atom stereocenters. The predicted molar refractivity (Wildman–Crippen MR) is 88.5 cm³/mol. The minimum Gasteiger partial charge on any atom is -0.500 e. The van der Waals surface area contributed by atoms with Crippen LogP contribution in [-0.2, 0) is 9.59 Å². The third-order valence-corrected chi connectivity index (χ3v) is 5.26. The Bertz CT molecular complexity index is 863. The van der Waals surface area contributed by atoms with Gasteiger partial charge in [0, 0.05) is 11.6 Å². The van der Waals surface area contributed by atoms with Crippen molar-refractivity contribution >= 4 is 23.7 Å². The van der Waals surface area contributed by atoms with E-state index in [1.807, 2.05) is 12.2 Å². The largest absolute Gasteiger partial charge is 0.500 e. The van der Waals surface area contributed by atoms with Gasteiger partial charge in [-0.3, -0.25) is 19.7 Å². The van der Waals surface area contributed by atoms with Crippen LogP contribution in [-0.4, -0.2) is 40.2 Å². The molecule has 0 radical (unpaired) electrons. The van der Waals surface area contributed by atoms with E-state index in [9.17, 15) is 24.8 Å². The van der Waals surface area contributed by atoms with E-state index in [4.69, 9.17) is 4.74 Å². The Kier molecular flexibility index (Phi) is 3.53. The van der Waals surface area contributed by atoms with Gasteiger partial charge >= 0.3 is 5.69 Å². The summed E-state index contributed by atoms with van der Waals surface area (Å²) in [5.74, 6) is -1.94. The van der Waals surface area contributed by atoms with Gasteiger partial charge in [0.15, 0.2) is 5.75 Å². The van der Waals surface area contributed by atoms with E-state index in [0.717, 1.165) is 17.5 Å². The lowest BCUT2D eigenvalue weighted by Crippen LogP contribution is -2.28. The van der Waals surface area contributed by atoms with Gasteiger partial charge in [-0.05, 0) is 24.3 Å². The lowest BCUT2D eigenvalue weighted by molar-refractivity contribution is -0.386. The second-order valence-corrected chi connectivity index (χ2v) is 6.58. The van der Waals surface area contributed by atoms with Gasteiger partial charge in [0.2, 0.25) is 5.75 Å². The first-order chi connectivity index (χ1) is 12.4. The van der Waals surface area contributed by atoms with Crippen LogP contribution in [0.5, 0.6) is 11.5 Å². The number of phenolic OH excluding ortho intramolecular Hbond substituents is 1. The van der Waals surface area contributed by atoms with Crippen molar-refractivity contribution in [3.05, 3.63) is 40.0 Å². The van der Waals surface area contributed by atoms with E-state index in [-0.39, 0.29) is 46.8 Å². The molecule has 2 fully saturated rings. The van der Waals surface area contributed by atoms with Gasteiger partial charge < -0.3 is 9.84 Å². The second-order valence-electron chi connectivity index (χ2n) is 6.58. The van der Waals surface area contributed by atoms with Crippen molar-refractivity contribution in [1.82, 2.24) is 5.01 Å². The highest BCUT2D eigenvalue weighted by Gasteiger charge is 2.59. The Hall–Kier alpha value is -3.23. The molecule has 9 nitrogen and oxygen atoms in total. The second kappa shape index (κ2) is 5.65. The van der Waals surface area contributed by atoms with Crippen molar-refractivity contribution in [1.29, 1.82) is 0 Å². The molecule has 4 atom stereocenters. The first-order valence-corrected chi connectivity index (χ1v) is 8.08. The van der Waals surface area contributed by atoms with Crippen molar-refractivity contribution < 1.29 is 24.4 Å². The molecule has 0 aromatic heterocycles. The number of fused-ring (bicyclic) bond motifs is 5. The number of hydrogen-bond acceptors (Lipinski definition) is 7. The molecule has 1 saturated heterocycles. The number of hydrogen-bond donors (Lipinski definition) is 1. The number of methoxy groups -OCH3 is 1. The standard InChI is InChI=1S/C17H15N3O6/c1-26-12-5-8(4-11(15(12)21)20(24)25)7-18-19-16(22)13-9-2-3-10(6-9)14(13)17(19)23/h2-5,7,9-10,13-14,21H,6H2,1H3/b18-7-/t9-,10-,13-,14-/m0/s1. The summed E-state index contributed by atoms with van der Waals surface area (Å²) in [6.45, 7) is 0. The summed E-state index contributed by atoms with van der Waals surface area (Å²) in [7, 11) is 1.26. The van der Waals surface area contributed by atoms with Crippen LogP contribution in [0.3, 0.4) is 0 Å². The maximum absolute atomic E-state index is 12.5. The maximum atomic E-state index is 12.5. The van der Waals surface area contributed by atoms with E-state index < -0.39 is 16.4 Å². The number of nitro groups is 1. The van der Waals surface area contributed by atoms with Gasteiger partial charge in [-0.1, -0.05) is 12.2 Å². The van der Waals surface area contributed by atoms with Crippen molar-refractivity contribution in [2.75, 3.05) is 7.11 Å². The normalized spacial score (nSPS) is 29.0. The molecule has 9 heteroatoms. The van der Waals surface area contributed by atoms with Crippen molar-refractivity contribution in [2.45, 2.75) is 6.42 Å². The fraction of sp³-hybridized carbons (Fsp3) is 0.353. The third-order valence-electron chi connectivity index (χ3n) is 5.26. The number of phenols is 1. The Morgan fingerprint density at radius 3 is 2.42 bits per heavy atom. The molecule has 2 bridgehead atoms. The van der Waals surface area contributed by atoms with E-state index in [1.165, 1.54) is 19.4 Å². The summed E-state index contributed by atoms with van der Waals surface area (Å²) in [5.41, 5.74) is -0.325. The fourth-order valence-electron chi connectivity index (χ4n) is 4.11. The number of carbonyl (C=O) groups is 2. The SMILES string of the molecule is COc1cc(/C=N\N2C(=O)[C@@H]3[C@@H](C2=O)[C@H]2C=C[C@H]3C2)cc([N+](=O)[O-])c1O. The molecular formula is C17H15N3O6. The number of amides is 2. The van der Waals surface area contributed by atoms with Crippen molar-refractivity contribution in [3.63, 3.8) is 0 Å². The van der Waals surface area contributed by atoms with Crippen molar-refractivity contribution in [3.8, 4) is 11.5 Å². The third kappa shape index (κ3) is 2.20. The summed E-state index contributed by atoms with van der Waals surface area (Å²) in [4.78, 5) is 35.4. The van der Waals surface area contributed by atoms with Crippen LogP contribution in [0, 0.1) is 33.8 Å². The van der Waals surface area contributed by atoms with Crippen LogP contribution >= 0.6 is 0 Å². The molecule has 1 aromatic rings. The number of hydrazone groups is 1. The number of ether oxygens (including phenoxy) is 1. The Labute approximate surface area is 147 Å². The maximum Gasteiger partial charge on any atom is 0.315 e. The van der Waals surface area contributed by atoms with Gasteiger partial charge in [0.05, 0.1) is 30.1 Å². The van der Waals surface area contributed by atoms with E-state index in [1.54, 1.807) is 0 Å². The van der Waals surface area contributed by atoms with Gasteiger partial charge in [-0.2, -0.15) is 10.1 Å². The molecule has 0 spiro atoms. The number of allylic oxidation sites excluding steroid dienone is 2. The van der Waals surface area contributed by atoms with Crippen LogP contribution in [0.25, 0.3) is 0 Å². The van der Waals surface area contributed by atoms with Gasteiger partial charge in [-0.15, -0.1) is 0 Å². The molecule has 1 aliphatic heterocycles. The van der Waals surface area contributed by atoms with E-state index in [2.05, 4.69) is 5.10 Å². The predicted octanol–water partition coefficient (Wildman–Crippen LogP) is 1.45. The molecular weight excluding hydrogens is 342 g/mol. The number of nitro benzene ring substituents is 1. The zero-order valence-electron chi connectivity index (χ0n) is 13.7. The van der Waals surface area contributed by atoms with Crippen molar-refractivity contribution in [2.24, 2.45) is 28.8 Å². The molecule has 1 N–H and O–H groups in total. The Morgan fingerprint density at radius 2 is 1.88 bits per heavy atom. The first-order valence-electron chi connectivity index (χ1n) is 8.08. The van der Waals surface area contributed by atoms with Crippen LogP contribution in [0.2, 0.25) is 0 Å². The van der Waals surface area contributed by atoms with E-state index in [0.29, 0.717) is 0 Å². The van der Waals surface area contributed by atoms with Crippen LogP contribution in [0.4, 0.5) is 5.69 Å². The highest BCUT2D eigenvalue weighted by molar-refractivity contribution is 6.06. The molecule has 1 saturated carbocycles. The summed E-state index contributed by atoms with van der Waals surface area (Å²) in [6.07, 6.45) is 5.98. The smallest absolute Gasteiger partial charge is 0.315 e. The fourth-order valence-corrected chi connectivity index (χ4v) is 4.11. The number of aromatic hydroxyl groups is 1. The van der Waals surface area contributed by atoms with E-state index >= 15 is 0 Å². The van der Waals surface area contributed by atoms with Crippen LogP contribution in [0.15, 0.2) is 29.4 Å². The Morgan fingerprint density at radius 1 is 1.27 bits per heavy atom. The zero-order chi connectivity index (χ0) is 18.6. The highest BCUT2D eigenvalue weighted by atomic mass is 16.6. The summed E-state index contributed by atoms with van der Waals surface area (Å²) in [6, 6.07) is 2.43. The topological polar surface area (TPSA) is 122 Å².